The maximum Gasteiger partial charge on any atom is 0.314 e. The lowest BCUT2D eigenvalue weighted by Crippen LogP contribution is -2.42. The number of hydrogen-bond donors (Lipinski definition) is 1. The van der Waals surface area contributed by atoms with E-state index in [4.69, 9.17) is 0 Å². The number of benzene rings is 2. The molecule has 2 heteroatoms. The lowest BCUT2D eigenvalue weighted by atomic mass is 9.63. The van der Waals surface area contributed by atoms with Crippen molar-refractivity contribution in [2.75, 3.05) is 0 Å². The summed E-state index contributed by atoms with van der Waals surface area (Å²) in [6, 6.07) is 14.0. The normalized spacial score (nSPS) is 17.6. The quantitative estimate of drug-likeness (QED) is 0.852. The molecule has 0 heterocycles. The van der Waals surface area contributed by atoms with Gasteiger partial charge in [0, 0.05) is 0 Å². The monoisotopic (exact) mass is 226 g/mol. The van der Waals surface area contributed by atoms with Crippen LogP contribution < -0.4 is 0 Å². The molecule has 0 atom stereocenters. The van der Waals surface area contributed by atoms with E-state index in [1.165, 1.54) is 0 Å². The van der Waals surface area contributed by atoms with Crippen LogP contribution in [-0.4, -0.2) is 11.1 Å². The zero-order valence-electron chi connectivity index (χ0n) is 9.52. The zero-order chi connectivity index (χ0) is 11.9. The van der Waals surface area contributed by atoms with E-state index in [1.54, 1.807) is 0 Å². The Kier molecular flexibility index (Phi) is 2.18. The molecule has 86 valence electrons. The van der Waals surface area contributed by atoms with E-state index in [-0.39, 0.29) is 0 Å². The van der Waals surface area contributed by atoms with Gasteiger partial charge in [-0.15, -0.1) is 0 Å². The number of aliphatic carboxylic acids is 1. The average molecular weight is 226 g/mol. The van der Waals surface area contributed by atoms with Gasteiger partial charge in [-0.1, -0.05) is 48.9 Å². The van der Waals surface area contributed by atoms with Gasteiger partial charge >= 0.3 is 5.97 Å². The van der Waals surface area contributed by atoms with Crippen LogP contribution in [0.1, 0.15) is 24.8 Å². The van der Waals surface area contributed by atoms with Gasteiger partial charge in [-0.25, -0.2) is 0 Å². The molecule has 0 bridgehead atoms. The second-order valence-electron chi connectivity index (χ2n) is 4.77. The minimum atomic E-state index is -0.680. The molecule has 0 radical (unpaired) electrons. The van der Waals surface area contributed by atoms with Crippen LogP contribution in [0.15, 0.2) is 42.5 Å². The fourth-order valence-electron chi connectivity index (χ4n) is 2.77. The fourth-order valence-corrected chi connectivity index (χ4v) is 2.77. The number of carboxylic acids is 1. The van der Waals surface area contributed by atoms with Crippen LogP contribution in [0, 0.1) is 0 Å². The van der Waals surface area contributed by atoms with Crippen molar-refractivity contribution < 1.29 is 9.90 Å². The van der Waals surface area contributed by atoms with Gasteiger partial charge in [-0.3, -0.25) is 4.79 Å². The minimum Gasteiger partial charge on any atom is -0.481 e. The molecule has 1 aliphatic rings. The molecule has 1 N–H and O–H groups in total. The van der Waals surface area contributed by atoms with Gasteiger partial charge in [0.15, 0.2) is 0 Å². The molecule has 17 heavy (non-hydrogen) atoms. The Morgan fingerprint density at radius 2 is 1.76 bits per heavy atom. The molecule has 2 nitrogen and oxygen atoms in total. The lowest BCUT2D eigenvalue weighted by Gasteiger charge is -2.38. The average Bonchev–Trinajstić information content (AvgIpc) is 2.27. The number of fused-ring (bicyclic) bond motifs is 1. The molecule has 1 fully saturated rings. The van der Waals surface area contributed by atoms with E-state index in [2.05, 4.69) is 0 Å². The summed E-state index contributed by atoms with van der Waals surface area (Å²) in [6.07, 6.45) is 2.53. The Morgan fingerprint density at radius 3 is 2.41 bits per heavy atom. The summed E-state index contributed by atoms with van der Waals surface area (Å²) in [5, 5.41) is 11.7. The molecule has 0 saturated heterocycles. The highest BCUT2D eigenvalue weighted by Crippen LogP contribution is 2.46. The predicted molar refractivity (Wildman–Crippen MR) is 67.1 cm³/mol. The minimum absolute atomic E-state index is 0.638. The summed E-state index contributed by atoms with van der Waals surface area (Å²) in [4.78, 5) is 11.5. The maximum atomic E-state index is 11.5. The summed E-state index contributed by atoms with van der Waals surface area (Å²) in [7, 11) is 0. The fraction of sp³-hybridized carbons (Fsp3) is 0.267. The largest absolute Gasteiger partial charge is 0.481 e. The molecule has 2 aromatic carbocycles. The molecule has 1 saturated carbocycles. The summed E-state index contributed by atoms with van der Waals surface area (Å²) < 4.78 is 0. The number of hydrogen-bond acceptors (Lipinski definition) is 1. The van der Waals surface area contributed by atoms with Crippen LogP contribution in [-0.2, 0) is 10.2 Å². The summed E-state index contributed by atoms with van der Waals surface area (Å²) in [5.74, 6) is -0.680. The van der Waals surface area contributed by atoms with Crippen LogP contribution in [0.2, 0.25) is 0 Å². The second kappa shape index (κ2) is 3.59. The van der Waals surface area contributed by atoms with Gasteiger partial charge in [-0.05, 0) is 29.2 Å². The smallest absolute Gasteiger partial charge is 0.314 e. The van der Waals surface area contributed by atoms with Crippen molar-refractivity contribution in [3.63, 3.8) is 0 Å². The first-order chi connectivity index (χ1) is 8.24. The molecule has 2 aromatic rings. The van der Waals surface area contributed by atoms with E-state index in [1.807, 2.05) is 42.5 Å². The van der Waals surface area contributed by atoms with E-state index in [0.717, 1.165) is 35.6 Å². The lowest BCUT2D eigenvalue weighted by molar-refractivity contribution is -0.147. The Morgan fingerprint density at radius 1 is 1.06 bits per heavy atom. The van der Waals surface area contributed by atoms with Crippen molar-refractivity contribution in [1.29, 1.82) is 0 Å². The van der Waals surface area contributed by atoms with Crippen molar-refractivity contribution in [3.8, 4) is 0 Å². The van der Waals surface area contributed by atoms with Gasteiger partial charge in [0.1, 0.15) is 0 Å². The summed E-state index contributed by atoms with van der Waals surface area (Å²) in [6.45, 7) is 0. The van der Waals surface area contributed by atoms with Gasteiger partial charge in [0.25, 0.3) is 0 Å². The third kappa shape index (κ3) is 1.37. The van der Waals surface area contributed by atoms with Gasteiger partial charge in [0.05, 0.1) is 5.41 Å². The third-order valence-corrected chi connectivity index (χ3v) is 3.92. The van der Waals surface area contributed by atoms with Gasteiger partial charge in [-0.2, -0.15) is 0 Å². The Labute approximate surface area is 99.9 Å². The molecular formula is C15H14O2. The Hall–Kier alpha value is -1.83. The summed E-state index contributed by atoms with van der Waals surface area (Å²) in [5.41, 5.74) is 0.343. The van der Waals surface area contributed by atoms with Crippen molar-refractivity contribution in [1.82, 2.24) is 0 Å². The van der Waals surface area contributed by atoms with Crippen molar-refractivity contribution in [2.45, 2.75) is 24.7 Å². The highest BCUT2D eigenvalue weighted by molar-refractivity contribution is 5.93. The van der Waals surface area contributed by atoms with Crippen molar-refractivity contribution in [3.05, 3.63) is 48.0 Å². The van der Waals surface area contributed by atoms with Crippen LogP contribution in [0.5, 0.6) is 0 Å². The highest BCUT2D eigenvalue weighted by atomic mass is 16.4. The highest BCUT2D eigenvalue weighted by Gasteiger charge is 2.46. The number of carbonyl (C=O) groups is 1. The van der Waals surface area contributed by atoms with Gasteiger partial charge in [0.2, 0.25) is 0 Å². The van der Waals surface area contributed by atoms with Crippen LogP contribution in [0.4, 0.5) is 0 Å². The maximum absolute atomic E-state index is 11.5. The first-order valence-corrected chi connectivity index (χ1v) is 5.96. The predicted octanol–water partition coefficient (Wildman–Crippen LogP) is 3.35. The van der Waals surface area contributed by atoms with Gasteiger partial charge < -0.3 is 5.11 Å². The van der Waals surface area contributed by atoms with Crippen molar-refractivity contribution >= 4 is 16.7 Å². The zero-order valence-corrected chi connectivity index (χ0v) is 9.52. The van der Waals surface area contributed by atoms with E-state index in [0.29, 0.717) is 0 Å². The molecule has 0 spiro atoms. The van der Waals surface area contributed by atoms with Crippen LogP contribution in [0.25, 0.3) is 10.8 Å². The van der Waals surface area contributed by atoms with E-state index in [9.17, 15) is 9.90 Å². The molecular weight excluding hydrogens is 212 g/mol. The van der Waals surface area contributed by atoms with E-state index >= 15 is 0 Å². The second-order valence-corrected chi connectivity index (χ2v) is 4.77. The molecule has 3 rings (SSSR count). The number of carboxylic acid groups (broad SMARTS) is 1. The third-order valence-electron chi connectivity index (χ3n) is 3.92. The SMILES string of the molecule is O=C(O)C1(c2cccc3ccccc23)CCC1. The molecule has 0 aliphatic heterocycles. The number of rotatable bonds is 2. The van der Waals surface area contributed by atoms with Crippen molar-refractivity contribution in [2.24, 2.45) is 0 Å². The standard InChI is InChI=1S/C15H14O2/c16-14(17)15(9-4-10-15)13-8-3-6-11-5-1-2-7-12(11)13/h1-3,5-8H,4,9-10H2,(H,16,17). The topological polar surface area (TPSA) is 37.3 Å². The molecule has 0 aromatic heterocycles. The first-order valence-electron chi connectivity index (χ1n) is 5.96. The first kappa shape index (κ1) is 10.3. The Balaban J connectivity index is 2.27. The van der Waals surface area contributed by atoms with Crippen LogP contribution in [0.3, 0.4) is 0 Å². The van der Waals surface area contributed by atoms with E-state index < -0.39 is 11.4 Å². The molecule has 0 unspecified atom stereocenters. The van der Waals surface area contributed by atoms with Crippen LogP contribution >= 0.6 is 0 Å². The molecule has 1 aliphatic carbocycles. The summed E-state index contributed by atoms with van der Waals surface area (Å²) >= 11 is 0. The Bertz CT molecular complexity index is 577. The molecule has 0 amide bonds.